The third-order valence-electron chi connectivity index (χ3n) is 2.66. The van der Waals surface area contributed by atoms with Crippen LogP contribution in [0.15, 0.2) is 18.2 Å². The summed E-state index contributed by atoms with van der Waals surface area (Å²) in [5.41, 5.74) is 0.747. The van der Waals surface area contributed by atoms with Gasteiger partial charge in [-0.1, -0.05) is 23.7 Å². The van der Waals surface area contributed by atoms with Crippen molar-refractivity contribution in [3.8, 4) is 0 Å². The van der Waals surface area contributed by atoms with Gasteiger partial charge in [-0.15, -0.1) is 0 Å². The van der Waals surface area contributed by atoms with Crippen molar-refractivity contribution in [2.75, 3.05) is 6.54 Å². The van der Waals surface area contributed by atoms with E-state index < -0.39 is 12.2 Å². The fourth-order valence-corrected chi connectivity index (χ4v) is 1.92. The van der Waals surface area contributed by atoms with Crippen molar-refractivity contribution < 1.29 is 19.8 Å². The molecule has 2 unspecified atom stereocenters. The Balaban J connectivity index is 2.68. The number of carbonyl (C=O) groups is 2. The van der Waals surface area contributed by atoms with Crippen LogP contribution in [0.2, 0.25) is 5.02 Å². The molecule has 0 radical (unpaired) electrons. The van der Waals surface area contributed by atoms with Gasteiger partial charge in [0, 0.05) is 29.6 Å². The van der Waals surface area contributed by atoms with Crippen molar-refractivity contribution in [3.05, 3.63) is 34.3 Å². The van der Waals surface area contributed by atoms with E-state index in [1.165, 1.54) is 25.1 Å². The molecule has 5 nitrogen and oxygen atoms in total. The van der Waals surface area contributed by atoms with E-state index in [0.717, 1.165) is 0 Å². The summed E-state index contributed by atoms with van der Waals surface area (Å²) in [6.45, 7) is 1.63. The Morgan fingerprint density at radius 1 is 1.47 bits per heavy atom. The lowest BCUT2D eigenvalue weighted by molar-refractivity contribution is -0.119. The SMILES string of the molecule is CC(=O)NCCC(O)C(O)c1ccc(C=O)cc1Cl. The van der Waals surface area contributed by atoms with Crippen molar-refractivity contribution in [2.24, 2.45) is 0 Å². The van der Waals surface area contributed by atoms with Gasteiger partial charge in [0.25, 0.3) is 0 Å². The Bertz CT molecular complexity index is 464. The van der Waals surface area contributed by atoms with E-state index in [-0.39, 0.29) is 23.9 Å². The molecule has 0 aliphatic rings. The van der Waals surface area contributed by atoms with E-state index >= 15 is 0 Å². The highest BCUT2D eigenvalue weighted by Gasteiger charge is 2.20. The average Bonchev–Trinajstić information content (AvgIpc) is 2.37. The second-order valence-electron chi connectivity index (χ2n) is 4.18. The van der Waals surface area contributed by atoms with Crippen molar-refractivity contribution in [3.63, 3.8) is 0 Å². The van der Waals surface area contributed by atoms with Gasteiger partial charge < -0.3 is 15.5 Å². The van der Waals surface area contributed by atoms with Gasteiger partial charge in [-0.25, -0.2) is 0 Å². The summed E-state index contributed by atoms with van der Waals surface area (Å²) in [6, 6.07) is 4.43. The van der Waals surface area contributed by atoms with E-state index in [0.29, 0.717) is 17.4 Å². The van der Waals surface area contributed by atoms with E-state index in [2.05, 4.69) is 5.32 Å². The maximum Gasteiger partial charge on any atom is 0.216 e. The molecule has 1 rings (SSSR count). The lowest BCUT2D eigenvalue weighted by Gasteiger charge is -2.19. The van der Waals surface area contributed by atoms with Gasteiger partial charge in [0.15, 0.2) is 0 Å². The smallest absolute Gasteiger partial charge is 0.216 e. The molecular formula is C13H16ClNO4. The lowest BCUT2D eigenvalue weighted by Crippen LogP contribution is -2.27. The number of aldehydes is 1. The first kappa shape index (κ1) is 15.6. The highest BCUT2D eigenvalue weighted by atomic mass is 35.5. The van der Waals surface area contributed by atoms with Crippen LogP contribution in [-0.2, 0) is 4.79 Å². The monoisotopic (exact) mass is 285 g/mol. The molecule has 1 amide bonds. The normalized spacial score (nSPS) is 13.7. The summed E-state index contributed by atoms with van der Waals surface area (Å²) in [4.78, 5) is 21.2. The number of rotatable bonds is 6. The number of amides is 1. The molecule has 104 valence electrons. The second-order valence-corrected chi connectivity index (χ2v) is 4.59. The minimum absolute atomic E-state index is 0.199. The molecule has 0 spiro atoms. The number of aliphatic hydroxyl groups excluding tert-OH is 2. The molecule has 3 N–H and O–H groups in total. The number of nitrogens with one attached hydrogen (secondary N) is 1. The molecular weight excluding hydrogens is 270 g/mol. The summed E-state index contributed by atoms with van der Waals surface area (Å²) in [6.07, 6.45) is -1.37. The number of aliphatic hydroxyl groups is 2. The number of benzene rings is 1. The van der Waals surface area contributed by atoms with Gasteiger partial charge in [0.2, 0.25) is 5.91 Å². The molecule has 0 aliphatic heterocycles. The predicted octanol–water partition coefficient (Wildman–Crippen LogP) is 1.07. The third-order valence-corrected chi connectivity index (χ3v) is 2.99. The van der Waals surface area contributed by atoms with Crippen LogP contribution in [0.1, 0.15) is 35.4 Å². The zero-order valence-corrected chi connectivity index (χ0v) is 11.2. The van der Waals surface area contributed by atoms with Crippen LogP contribution in [-0.4, -0.2) is 35.1 Å². The summed E-state index contributed by atoms with van der Waals surface area (Å²) in [5, 5.41) is 22.5. The van der Waals surface area contributed by atoms with Crippen LogP contribution >= 0.6 is 11.6 Å². The van der Waals surface area contributed by atoms with Crippen LogP contribution in [0.4, 0.5) is 0 Å². The number of halogens is 1. The molecule has 0 fully saturated rings. The zero-order valence-electron chi connectivity index (χ0n) is 10.5. The molecule has 0 heterocycles. The molecule has 19 heavy (non-hydrogen) atoms. The molecule has 0 bridgehead atoms. The number of hydrogen-bond donors (Lipinski definition) is 3. The minimum atomic E-state index is -1.16. The summed E-state index contributed by atoms with van der Waals surface area (Å²) < 4.78 is 0. The predicted molar refractivity (Wildman–Crippen MR) is 71.1 cm³/mol. The van der Waals surface area contributed by atoms with E-state index in [1.807, 2.05) is 0 Å². The maximum absolute atomic E-state index is 10.7. The molecule has 6 heteroatoms. The average molecular weight is 286 g/mol. The Hall–Kier alpha value is -1.43. The first-order valence-corrected chi connectivity index (χ1v) is 6.18. The molecule has 2 atom stereocenters. The van der Waals surface area contributed by atoms with Crippen molar-refractivity contribution >= 4 is 23.8 Å². The first-order valence-electron chi connectivity index (χ1n) is 5.81. The second kappa shape index (κ2) is 7.23. The van der Waals surface area contributed by atoms with E-state index in [9.17, 15) is 19.8 Å². The highest BCUT2D eigenvalue weighted by Crippen LogP contribution is 2.27. The lowest BCUT2D eigenvalue weighted by atomic mass is 10.0. The van der Waals surface area contributed by atoms with Crippen LogP contribution in [0, 0.1) is 0 Å². The molecule has 0 saturated heterocycles. The zero-order chi connectivity index (χ0) is 14.4. The highest BCUT2D eigenvalue weighted by molar-refractivity contribution is 6.31. The van der Waals surface area contributed by atoms with Crippen LogP contribution < -0.4 is 5.32 Å². The Morgan fingerprint density at radius 2 is 2.16 bits per heavy atom. The summed E-state index contributed by atoms with van der Waals surface area (Å²) in [5.74, 6) is -0.199. The van der Waals surface area contributed by atoms with Crippen LogP contribution in [0.5, 0.6) is 0 Å². The molecule has 0 saturated carbocycles. The van der Waals surface area contributed by atoms with Crippen molar-refractivity contribution in [1.82, 2.24) is 5.32 Å². The quantitative estimate of drug-likeness (QED) is 0.683. The van der Waals surface area contributed by atoms with Gasteiger partial charge in [-0.05, 0) is 12.5 Å². The van der Waals surface area contributed by atoms with Gasteiger partial charge in [-0.2, -0.15) is 0 Å². The van der Waals surface area contributed by atoms with Crippen LogP contribution in [0.3, 0.4) is 0 Å². The first-order chi connectivity index (χ1) is 8.95. The molecule has 1 aromatic rings. The molecule has 1 aromatic carbocycles. The fraction of sp³-hybridized carbons (Fsp3) is 0.385. The Labute approximate surface area is 116 Å². The molecule has 0 aliphatic carbocycles. The third kappa shape index (κ3) is 4.63. The number of hydrogen-bond acceptors (Lipinski definition) is 4. The van der Waals surface area contributed by atoms with Gasteiger partial charge >= 0.3 is 0 Å². The number of carbonyl (C=O) groups excluding carboxylic acids is 2. The molecule has 0 aromatic heterocycles. The van der Waals surface area contributed by atoms with E-state index in [4.69, 9.17) is 11.6 Å². The standard InChI is InChI=1S/C13H16ClNO4/c1-8(17)15-5-4-12(18)13(19)10-3-2-9(7-16)6-11(10)14/h2-3,6-7,12-13,18-19H,4-5H2,1H3,(H,15,17). The summed E-state index contributed by atoms with van der Waals surface area (Å²) >= 11 is 5.93. The largest absolute Gasteiger partial charge is 0.390 e. The Morgan fingerprint density at radius 3 is 2.68 bits per heavy atom. The van der Waals surface area contributed by atoms with Gasteiger partial charge in [0.05, 0.1) is 6.10 Å². The van der Waals surface area contributed by atoms with Gasteiger partial charge in [0.1, 0.15) is 12.4 Å². The van der Waals surface area contributed by atoms with Crippen molar-refractivity contribution in [2.45, 2.75) is 25.6 Å². The topological polar surface area (TPSA) is 86.6 Å². The van der Waals surface area contributed by atoms with Crippen LogP contribution in [0.25, 0.3) is 0 Å². The minimum Gasteiger partial charge on any atom is -0.390 e. The Kier molecular flexibility index (Phi) is 5.95. The van der Waals surface area contributed by atoms with Crippen molar-refractivity contribution in [1.29, 1.82) is 0 Å². The maximum atomic E-state index is 10.7. The van der Waals surface area contributed by atoms with E-state index in [1.54, 1.807) is 0 Å². The summed E-state index contributed by atoms with van der Waals surface area (Å²) in [7, 11) is 0. The fourth-order valence-electron chi connectivity index (χ4n) is 1.62. The van der Waals surface area contributed by atoms with Gasteiger partial charge in [-0.3, -0.25) is 9.59 Å².